The van der Waals surface area contributed by atoms with Crippen LogP contribution in [0.2, 0.25) is 0 Å². The van der Waals surface area contributed by atoms with Crippen LogP contribution in [0.3, 0.4) is 0 Å². The van der Waals surface area contributed by atoms with E-state index in [9.17, 15) is 4.79 Å². The number of rotatable bonds is 8. The van der Waals surface area contributed by atoms with Crippen LogP contribution in [0.25, 0.3) is 0 Å². The van der Waals surface area contributed by atoms with Gasteiger partial charge < -0.3 is 16.0 Å². The highest BCUT2D eigenvalue weighted by molar-refractivity contribution is 5.76. The third-order valence-corrected chi connectivity index (χ3v) is 3.49. The van der Waals surface area contributed by atoms with Gasteiger partial charge >= 0.3 is 0 Å². The van der Waals surface area contributed by atoms with Crippen molar-refractivity contribution in [1.82, 2.24) is 10.2 Å². The zero-order valence-corrected chi connectivity index (χ0v) is 11.2. The molecule has 1 fully saturated rings. The van der Waals surface area contributed by atoms with Crippen molar-refractivity contribution in [3.63, 3.8) is 0 Å². The van der Waals surface area contributed by atoms with Gasteiger partial charge in [-0.05, 0) is 32.4 Å². The average Bonchev–Trinajstić information content (AvgIpc) is 2.78. The van der Waals surface area contributed by atoms with Gasteiger partial charge in [0.1, 0.15) is 0 Å². The summed E-state index contributed by atoms with van der Waals surface area (Å²) in [6.45, 7) is 8.18. The van der Waals surface area contributed by atoms with Crippen molar-refractivity contribution in [3.05, 3.63) is 0 Å². The van der Waals surface area contributed by atoms with Gasteiger partial charge in [0.25, 0.3) is 0 Å². The number of carbonyl (C=O) groups is 1. The SMILES string of the molecule is CCCCN(CC1CCCN1)CC(C)C(N)=O. The van der Waals surface area contributed by atoms with E-state index in [1.165, 1.54) is 25.7 Å². The van der Waals surface area contributed by atoms with E-state index in [1.807, 2.05) is 6.92 Å². The van der Waals surface area contributed by atoms with Gasteiger partial charge in [-0.1, -0.05) is 20.3 Å². The molecule has 1 amide bonds. The first-order chi connectivity index (χ1) is 8.13. The van der Waals surface area contributed by atoms with E-state index in [0.29, 0.717) is 6.04 Å². The molecule has 0 radical (unpaired) electrons. The Hall–Kier alpha value is -0.610. The fraction of sp³-hybridized carbons (Fsp3) is 0.923. The van der Waals surface area contributed by atoms with Gasteiger partial charge in [0, 0.05) is 25.0 Å². The first-order valence-corrected chi connectivity index (χ1v) is 6.88. The van der Waals surface area contributed by atoms with Crippen molar-refractivity contribution in [2.75, 3.05) is 26.2 Å². The molecule has 1 heterocycles. The maximum atomic E-state index is 11.1. The van der Waals surface area contributed by atoms with Crippen LogP contribution in [-0.2, 0) is 4.79 Å². The summed E-state index contributed by atoms with van der Waals surface area (Å²) in [4.78, 5) is 13.5. The lowest BCUT2D eigenvalue weighted by atomic mass is 10.1. The van der Waals surface area contributed by atoms with Crippen LogP contribution < -0.4 is 11.1 Å². The van der Waals surface area contributed by atoms with Gasteiger partial charge in [-0.25, -0.2) is 0 Å². The standard InChI is InChI=1S/C13H27N3O/c1-3-4-8-16(9-11(2)13(14)17)10-12-6-5-7-15-12/h11-12,15H,3-10H2,1-2H3,(H2,14,17). The van der Waals surface area contributed by atoms with E-state index in [1.54, 1.807) is 0 Å². The van der Waals surface area contributed by atoms with Gasteiger partial charge in [0.2, 0.25) is 5.91 Å². The third kappa shape index (κ3) is 5.50. The second-order valence-corrected chi connectivity index (χ2v) is 5.21. The van der Waals surface area contributed by atoms with E-state index in [-0.39, 0.29) is 11.8 Å². The van der Waals surface area contributed by atoms with Gasteiger partial charge in [-0.15, -0.1) is 0 Å². The molecule has 3 N–H and O–H groups in total. The zero-order chi connectivity index (χ0) is 12.7. The topological polar surface area (TPSA) is 58.4 Å². The molecule has 0 spiro atoms. The van der Waals surface area contributed by atoms with Crippen molar-refractivity contribution in [2.24, 2.45) is 11.7 Å². The van der Waals surface area contributed by atoms with Gasteiger partial charge in [-0.2, -0.15) is 0 Å². The summed E-state index contributed by atoms with van der Waals surface area (Å²) < 4.78 is 0. The summed E-state index contributed by atoms with van der Waals surface area (Å²) in [6, 6.07) is 0.604. The van der Waals surface area contributed by atoms with E-state index >= 15 is 0 Å². The second kappa shape index (κ2) is 7.67. The molecular formula is C13H27N3O. The Balaban J connectivity index is 2.38. The Kier molecular flexibility index (Phi) is 6.52. The van der Waals surface area contributed by atoms with E-state index < -0.39 is 0 Å². The number of hydrogen-bond donors (Lipinski definition) is 2. The van der Waals surface area contributed by atoms with Crippen molar-refractivity contribution >= 4 is 5.91 Å². The lowest BCUT2D eigenvalue weighted by Crippen LogP contribution is -2.42. The Labute approximate surface area is 105 Å². The van der Waals surface area contributed by atoms with Crippen LogP contribution in [0.15, 0.2) is 0 Å². The molecule has 100 valence electrons. The van der Waals surface area contributed by atoms with Crippen LogP contribution in [0.4, 0.5) is 0 Å². The number of nitrogens with zero attached hydrogens (tertiary/aromatic N) is 1. The molecule has 1 aliphatic heterocycles. The predicted molar refractivity (Wildman–Crippen MR) is 70.7 cm³/mol. The molecule has 1 aliphatic rings. The molecule has 17 heavy (non-hydrogen) atoms. The average molecular weight is 241 g/mol. The molecule has 0 aromatic heterocycles. The molecule has 1 rings (SSSR count). The Morgan fingerprint density at radius 2 is 2.35 bits per heavy atom. The van der Waals surface area contributed by atoms with E-state index in [0.717, 1.165) is 26.2 Å². The minimum Gasteiger partial charge on any atom is -0.369 e. The van der Waals surface area contributed by atoms with Gasteiger partial charge in [-0.3, -0.25) is 4.79 Å². The first kappa shape index (κ1) is 14.5. The highest BCUT2D eigenvalue weighted by Gasteiger charge is 2.20. The number of nitrogens with two attached hydrogens (primary N) is 1. The quantitative estimate of drug-likeness (QED) is 0.665. The normalized spacial score (nSPS) is 21.9. The predicted octanol–water partition coefficient (Wildman–Crippen LogP) is 0.962. The molecule has 0 saturated carbocycles. The van der Waals surface area contributed by atoms with Gasteiger partial charge in [0.05, 0.1) is 0 Å². The number of carbonyl (C=O) groups excluding carboxylic acids is 1. The summed E-state index contributed by atoms with van der Waals surface area (Å²) in [7, 11) is 0. The Morgan fingerprint density at radius 1 is 1.59 bits per heavy atom. The maximum Gasteiger partial charge on any atom is 0.221 e. The number of unbranched alkanes of at least 4 members (excludes halogenated alkanes) is 1. The highest BCUT2D eigenvalue weighted by Crippen LogP contribution is 2.09. The minimum atomic E-state index is -0.189. The highest BCUT2D eigenvalue weighted by atomic mass is 16.1. The van der Waals surface area contributed by atoms with E-state index in [2.05, 4.69) is 17.1 Å². The summed E-state index contributed by atoms with van der Waals surface area (Å²) in [5, 5.41) is 3.51. The summed E-state index contributed by atoms with van der Waals surface area (Å²) in [6.07, 6.45) is 4.92. The monoisotopic (exact) mass is 241 g/mol. The first-order valence-electron chi connectivity index (χ1n) is 6.88. The number of hydrogen-bond acceptors (Lipinski definition) is 3. The summed E-state index contributed by atoms with van der Waals surface area (Å²) in [5.74, 6) is -0.237. The van der Waals surface area contributed by atoms with Crippen molar-refractivity contribution in [2.45, 2.75) is 45.6 Å². The Morgan fingerprint density at radius 3 is 2.88 bits per heavy atom. The van der Waals surface area contributed by atoms with Crippen LogP contribution in [0, 0.1) is 5.92 Å². The lowest BCUT2D eigenvalue weighted by molar-refractivity contribution is -0.121. The van der Waals surface area contributed by atoms with Crippen LogP contribution in [0.1, 0.15) is 39.5 Å². The second-order valence-electron chi connectivity index (χ2n) is 5.21. The molecule has 4 nitrogen and oxygen atoms in total. The molecule has 0 aromatic rings. The molecule has 0 aliphatic carbocycles. The van der Waals surface area contributed by atoms with Crippen LogP contribution in [0.5, 0.6) is 0 Å². The van der Waals surface area contributed by atoms with Crippen molar-refractivity contribution in [3.8, 4) is 0 Å². The third-order valence-electron chi connectivity index (χ3n) is 3.49. The molecule has 2 atom stereocenters. The number of nitrogens with one attached hydrogen (secondary N) is 1. The van der Waals surface area contributed by atoms with Crippen LogP contribution >= 0.6 is 0 Å². The fourth-order valence-electron chi connectivity index (χ4n) is 2.34. The van der Waals surface area contributed by atoms with Crippen molar-refractivity contribution < 1.29 is 4.79 Å². The van der Waals surface area contributed by atoms with E-state index in [4.69, 9.17) is 5.73 Å². The molecule has 1 saturated heterocycles. The molecular weight excluding hydrogens is 214 g/mol. The number of primary amides is 1. The molecule has 4 heteroatoms. The lowest BCUT2D eigenvalue weighted by Gasteiger charge is -2.27. The van der Waals surface area contributed by atoms with Crippen molar-refractivity contribution in [1.29, 1.82) is 0 Å². The molecule has 2 unspecified atom stereocenters. The van der Waals surface area contributed by atoms with Gasteiger partial charge in [0.15, 0.2) is 0 Å². The Bertz CT molecular complexity index is 227. The largest absolute Gasteiger partial charge is 0.369 e. The smallest absolute Gasteiger partial charge is 0.221 e. The fourth-order valence-corrected chi connectivity index (χ4v) is 2.34. The maximum absolute atomic E-state index is 11.1. The molecule has 0 bridgehead atoms. The van der Waals surface area contributed by atoms with Crippen LogP contribution in [-0.4, -0.2) is 43.0 Å². The number of amides is 1. The summed E-state index contributed by atoms with van der Waals surface area (Å²) in [5.41, 5.74) is 5.34. The zero-order valence-electron chi connectivity index (χ0n) is 11.2. The summed E-state index contributed by atoms with van der Waals surface area (Å²) >= 11 is 0. The molecule has 0 aromatic carbocycles. The minimum absolute atomic E-state index is 0.0479.